The third-order valence-corrected chi connectivity index (χ3v) is 3.93. The van der Waals surface area contributed by atoms with Gasteiger partial charge in [-0.05, 0) is 26.2 Å². The maximum absolute atomic E-state index is 11.3. The van der Waals surface area contributed by atoms with Crippen LogP contribution in [0.5, 0.6) is 0 Å². The van der Waals surface area contributed by atoms with Gasteiger partial charge in [-0.3, -0.25) is 0 Å². The molecular weight excluding hydrogens is 174 g/mol. The summed E-state index contributed by atoms with van der Waals surface area (Å²) in [4.78, 5) is 0. The van der Waals surface area contributed by atoms with Gasteiger partial charge in [0, 0.05) is 6.04 Å². The van der Waals surface area contributed by atoms with Crippen molar-refractivity contribution >= 4 is 10.0 Å². The van der Waals surface area contributed by atoms with Crippen molar-refractivity contribution in [3.8, 4) is 0 Å². The van der Waals surface area contributed by atoms with E-state index >= 15 is 0 Å². The average molecular weight is 189 g/mol. The molecule has 1 fully saturated rings. The van der Waals surface area contributed by atoms with Gasteiger partial charge in [-0.25, -0.2) is 13.1 Å². The predicted molar refractivity (Wildman–Crippen MR) is 49.4 cm³/mol. The highest BCUT2D eigenvalue weighted by Crippen LogP contribution is 2.27. The molecule has 1 aliphatic rings. The van der Waals surface area contributed by atoms with Crippen LogP contribution in [-0.4, -0.2) is 19.7 Å². The number of rotatable bonds is 5. The minimum absolute atomic E-state index is 0.0203. The molecule has 1 aliphatic carbocycles. The number of sulfonamides is 1. The molecule has 1 saturated carbocycles. The number of hydrogen-bond acceptors (Lipinski definition) is 2. The highest BCUT2D eigenvalue weighted by molar-refractivity contribution is 7.90. The molecule has 12 heavy (non-hydrogen) atoms. The summed E-state index contributed by atoms with van der Waals surface area (Å²) in [6.07, 6.45) is 4.04. The molecule has 0 heterocycles. The van der Waals surface area contributed by atoms with Crippen LogP contribution in [0.4, 0.5) is 0 Å². The minimum atomic E-state index is -3.01. The lowest BCUT2D eigenvalue weighted by molar-refractivity contribution is 0.561. The van der Waals surface area contributed by atoms with Crippen LogP contribution in [0.2, 0.25) is 0 Å². The lowest BCUT2D eigenvalue weighted by atomic mass is 10.3. The Hall–Kier alpha value is -0.350. The lowest BCUT2D eigenvalue weighted by Crippen LogP contribution is -2.34. The first kappa shape index (κ1) is 9.74. The topological polar surface area (TPSA) is 46.2 Å². The molecular formula is C8H15NO2S. The maximum Gasteiger partial charge on any atom is 0.214 e. The van der Waals surface area contributed by atoms with Crippen LogP contribution < -0.4 is 4.72 Å². The van der Waals surface area contributed by atoms with Gasteiger partial charge >= 0.3 is 0 Å². The summed E-state index contributed by atoms with van der Waals surface area (Å²) in [5.74, 6) is 0. The second-order valence-electron chi connectivity index (χ2n) is 3.29. The predicted octanol–water partition coefficient (Wildman–Crippen LogP) is 1.03. The van der Waals surface area contributed by atoms with Gasteiger partial charge in [-0.1, -0.05) is 6.08 Å². The fourth-order valence-corrected chi connectivity index (χ4v) is 2.66. The number of nitrogens with one attached hydrogen (secondary N) is 1. The van der Waals surface area contributed by atoms with E-state index in [1.165, 1.54) is 0 Å². The first-order valence-electron chi connectivity index (χ1n) is 4.18. The van der Waals surface area contributed by atoms with E-state index in [-0.39, 0.29) is 11.3 Å². The van der Waals surface area contributed by atoms with Crippen LogP contribution in [0.15, 0.2) is 12.7 Å². The lowest BCUT2D eigenvalue weighted by Gasteiger charge is -2.10. The van der Waals surface area contributed by atoms with E-state index in [1.807, 2.05) is 6.92 Å². The normalized spacial score (nSPS) is 20.4. The van der Waals surface area contributed by atoms with Crippen molar-refractivity contribution < 1.29 is 8.42 Å². The van der Waals surface area contributed by atoms with E-state index in [9.17, 15) is 8.42 Å². The van der Waals surface area contributed by atoms with Crippen LogP contribution >= 0.6 is 0 Å². The van der Waals surface area contributed by atoms with E-state index in [0.717, 1.165) is 12.8 Å². The van der Waals surface area contributed by atoms with Crippen molar-refractivity contribution in [1.82, 2.24) is 4.72 Å². The van der Waals surface area contributed by atoms with Crippen molar-refractivity contribution in [3.63, 3.8) is 0 Å². The molecule has 0 radical (unpaired) electrons. The molecule has 1 N–H and O–H groups in total. The zero-order valence-electron chi connectivity index (χ0n) is 7.29. The Bertz CT molecular complexity index is 254. The van der Waals surface area contributed by atoms with Gasteiger partial charge in [0.25, 0.3) is 0 Å². The third kappa shape index (κ3) is 2.60. The Labute approximate surface area is 73.9 Å². The van der Waals surface area contributed by atoms with E-state index in [1.54, 1.807) is 6.08 Å². The molecule has 1 rings (SSSR count). The standard InChI is InChI=1S/C8H15NO2S/c1-3-4-7(2)9-12(10,11)8-5-6-8/h3,7-9H,1,4-6H2,2H3. The Morgan fingerprint density at radius 1 is 1.67 bits per heavy atom. The highest BCUT2D eigenvalue weighted by atomic mass is 32.2. The summed E-state index contributed by atoms with van der Waals surface area (Å²) in [6, 6.07) is -0.0203. The Kier molecular flexibility index (Phi) is 2.90. The first-order valence-corrected chi connectivity index (χ1v) is 5.73. The molecule has 70 valence electrons. The van der Waals surface area contributed by atoms with Crippen LogP contribution in [0.1, 0.15) is 26.2 Å². The van der Waals surface area contributed by atoms with E-state index < -0.39 is 10.0 Å². The second-order valence-corrected chi connectivity index (χ2v) is 5.28. The minimum Gasteiger partial charge on any atom is -0.212 e. The Balaban J connectivity index is 2.43. The molecule has 0 aliphatic heterocycles. The van der Waals surface area contributed by atoms with Crippen LogP contribution in [-0.2, 0) is 10.0 Å². The third-order valence-electron chi connectivity index (χ3n) is 1.85. The van der Waals surface area contributed by atoms with Crippen molar-refractivity contribution in [3.05, 3.63) is 12.7 Å². The smallest absolute Gasteiger partial charge is 0.212 e. The molecule has 4 heteroatoms. The SMILES string of the molecule is C=CCC(C)NS(=O)(=O)C1CC1. The molecule has 1 unspecified atom stereocenters. The summed E-state index contributed by atoms with van der Waals surface area (Å²) in [6.45, 7) is 5.41. The van der Waals surface area contributed by atoms with Gasteiger partial charge < -0.3 is 0 Å². The summed E-state index contributed by atoms with van der Waals surface area (Å²) in [5.41, 5.74) is 0. The fourth-order valence-electron chi connectivity index (χ4n) is 1.05. The monoisotopic (exact) mass is 189 g/mol. The molecule has 3 nitrogen and oxygen atoms in total. The number of hydrogen-bond donors (Lipinski definition) is 1. The fraction of sp³-hybridized carbons (Fsp3) is 0.750. The van der Waals surface area contributed by atoms with Crippen LogP contribution in [0, 0.1) is 0 Å². The first-order chi connectivity index (χ1) is 5.56. The van der Waals surface area contributed by atoms with Crippen molar-refractivity contribution in [2.75, 3.05) is 0 Å². The summed E-state index contributed by atoms with van der Waals surface area (Å²) < 4.78 is 25.3. The van der Waals surface area contributed by atoms with E-state index in [4.69, 9.17) is 0 Å². The molecule has 0 aromatic rings. The van der Waals surface area contributed by atoms with Gasteiger partial charge in [0.05, 0.1) is 5.25 Å². The second kappa shape index (κ2) is 3.58. The Morgan fingerprint density at radius 2 is 2.25 bits per heavy atom. The van der Waals surface area contributed by atoms with Gasteiger partial charge in [0.2, 0.25) is 10.0 Å². The van der Waals surface area contributed by atoms with Gasteiger partial charge in [0.1, 0.15) is 0 Å². The quantitative estimate of drug-likeness (QED) is 0.657. The van der Waals surface area contributed by atoms with Gasteiger partial charge in [-0.15, -0.1) is 6.58 Å². The zero-order chi connectivity index (χ0) is 9.19. The maximum atomic E-state index is 11.3. The van der Waals surface area contributed by atoms with Crippen molar-refractivity contribution in [2.24, 2.45) is 0 Å². The summed E-state index contributed by atoms with van der Waals surface area (Å²) in [7, 11) is -3.01. The molecule has 1 atom stereocenters. The molecule has 0 aromatic heterocycles. The molecule has 0 amide bonds. The summed E-state index contributed by atoms with van der Waals surface area (Å²) >= 11 is 0. The summed E-state index contributed by atoms with van der Waals surface area (Å²) in [5, 5.41) is -0.121. The van der Waals surface area contributed by atoms with Gasteiger partial charge in [0.15, 0.2) is 0 Å². The largest absolute Gasteiger partial charge is 0.214 e. The molecule has 0 spiro atoms. The Morgan fingerprint density at radius 3 is 2.67 bits per heavy atom. The van der Waals surface area contributed by atoms with Crippen LogP contribution in [0.25, 0.3) is 0 Å². The molecule has 0 saturated heterocycles. The van der Waals surface area contributed by atoms with Crippen molar-refractivity contribution in [1.29, 1.82) is 0 Å². The van der Waals surface area contributed by atoms with Gasteiger partial charge in [-0.2, -0.15) is 0 Å². The van der Waals surface area contributed by atoms with Crippen LogP contribution in [0.3, 0.4) is 0 Å². The molecule has 0 bridgehead atoms. The average Bonchev–Trinajstić information content (AvgIpc) is 2.65. The van der Waals surface area contributed by atoms with E-state index in [2.05, 4.69) is 11.3 Å². The van der Waals surface area contributed by atoms with Crippen molar-refractivity contribution in [2.45, 2.75) is 37.5 Å². The molecule has 0 aromatic carbocycles. The zero-order valence-corrected chi connectivity index (χ0v) is 8.10. The highest BCUT2D eigenvalue weighted by Gasteiger charge is 2.35. The van der Waals surface area contributed by atoms with E-state index in [0.29, 0.717) is 6.42 Å².